The van der Waals surface area contributed by atoms with E-state index in [0.29, 0.717) is 55.5 Å². The van der Waals surface area contributed by atoms with E-state index < -0.39 is 23.1 Å². The van der Waals surface area contributed by atoms with Gasteiger partial charge in [-0.2, -0.15) is 13.2 Å². The number of carbonyl (C=O) groups excluding carboxylic acids is 1. The van der Waals surface area contributed by atoms with Crippen LogP contribution in [-0.2, 0) is 11.0 Å². The zero-order valence-electron chi connectivity index (χ0n) is 19.3. The lowest BCUT2D eigenvalue weighted by atomic mass is 9.46. The Kier molecular flexibility index (Phi) is 5.67. The van der Waals surface area contributed by atoms with Gasteiger partial charge in [-0.05, 0) is 75.4 Å². The van der Waals surface area contributed by atoms with Crippen LogP contribution in [0.15, 0.2) is 24.3 Å². The van der Waals surface area contributed by atoms with Crippen LogP contribution in [0.1, 0.15) is 43.2 Å². The SMILES string of the molecule is Cc1cc(N[C@@H]2CCCN(CC(=O)NC34CC(O)(C3)C4)C2)nnc1-c1ccc(C(F)(F)F)cc1O. The third-order valence-corrected chi connectivity index (χ3v) is 7.20. The van der Waals surface area contributed by atoms with Crippen molar-refractivity contribution in [1.29, 1.82) is 0 Å². The molecule has 4 N–H and O–H groups in total. The number of phenolic OH excluding ortho intramolecular Hbond substituents is 1. The summed E-state index contributed by atoms with van der Waals surface area (Å²) in [6.07, 6.45) is -0.786. The average Bonchev–Trinajstić information content (AvgIpc) is 2.72. The predicted octanol–water partition coefficient (Wildman–Crippen LogP) is 2.84. The Balaban J connectivity index is 1.19. The van der Waals surface area contributed by atoms with Gasteiger partial charge in [-0.15, -0.1) is 10.2 Å². The number of aryl methyl sites for hydroxylation is 1. The number of piperidine rings is 1. The van der Waals surface area contributed by atoms with Gasteiger partial charge in [0.05, 0.1) is 23.4 Å². The Morgan fingerprint density at radius 3 is 2.60 bits per heavy atom. The van der Waals surface area contributed by atoms with Gasteiger partial charge in [-0.3, -0.25) is 9.69 Å². The van der Waals surface area contributed by atoms with E-state index in [-0.39, 0.29) is 23.1 Å². The van der Waals surface area contributed by atoms with Gasteiger partial charge in [0, 0.05) is 23.7 Å². The third kappa shape index (κ3) is 4.79. The highest BCUT2D eigenvalue weighted by Crippen LogP contribution is 2.60. The third-order valence-electron chi connectivity index (χ3n) is 7.20. The van der Waals surface area contributed by atoms with Crippen molar-refractivity contribution in [3.63, 3.8) is 0 Å². The monoisotopic (exact) mass is 491 g/mol. The van der Waals surface area contributed by atoms with Gasteiger partial charge in [0.25, 0.3) is 0 Å². The number of amides is 1. The molecule has 1 aromatic heterocycles. The fourth-order valence-corrected chi connectivity index (χ4v) is 5.66. The maximum absolute atomic E-state index is 12.9. The van der Waals surface area contributed by atoms with Crippen LogP contribution in [-0.4, -0.2) is 68.0 Å². The van der Waals surface area contributed by atoms with Crippen molar-refractivity contribution in [3.8, 4) is 17.0 Å². The molecule has 11 heteroatoms. The molecule has 35 heavy (non-hydrogen) atoms. The van der Waals surface area contributed by atoms with Gasteiger partial charge in [-0.25, -0.2) is 0 Å². The molecule has 1 aliphatic heterocycles. The number of alkyl halides is 3. The quantitative estimate of drug-likeness (QED) is 0.492. The van der Waals surface area contributed by atoms with Crippen molar-refractivity contribution >= 4 is 11.7 Å². The lowest BCUT2D eigenvalue weighted by Gasteiger charge is -2.67. The second-order valence-electron chi connectivity index (χ2n) is 10.3. The van der Waals surface area contributed by atoms with Crippen molar-refractivity contribution in [2.24, 2.45) is 0 Å². The van der Waals surface area contributed by atoms with Gasteiger partial charge in [0.1, 0.15) is 11.6 Å². The molecule has 3 saturated carbocycles. The summed E-state index contributed by atoms with van der Waals surface area (Å²) in [5.74, 6) is -0.00745. The molecule has 2 aromatic rings. The summed E-state index contributed by atoms with van der Waals surface area (Å²) in [7, 11) is 0. The van der Waals surface area contributed by atoms with Crippen LogP contribution in [0, 0.1) is 6.92 Å². The second kappa shape index (κ2) is 8.34. The van der Waals surface area contributed by atoms with Gasteiger partial charge in [-0.1, -0.05) is 0 Å². The highest BCUT2D eigenvalue weighted by Gasteiger charge is 2.68. The van der Waals surface area contributed by atoms with E-state index in [4.69, 9.17) is 0 Å². The fraction of sp³-hybridized carbons (Fsp3) is 0.542. The highest BCUT2D eigenvalue weighted by molar-refractivity contribution is 5.79. The molecule has 8 nitrogen and oxygen atoms in total. The molecule has 1 amide bonds. The topological polar surface area (TPSA) is 111 Å². The number of aliphatic hydroxyl groups is 1. The first kappa shape index (κ1) is 23.8. The molecule has 0 unspecified atom stereocenters. The summed E-state index contributed by atoms with van der Waals surface area (Å²) in [5.41, 5.74) is -0.532. The van der Waals surface area contributed by atoms with Crippen LogP contribution in [0.4, 0.5) is 19.0 Å². The van der Waals surface area contributed by atoms with Crippen molar-refractivity contribution in [3.05, 3.63) is 35.4 Å². The number of nitrogens with zero attached hydrogens (tertiary/aromatic N) is 3. The van der Waals surface area contributed by atoms with E-state index in [9.17, 15) is 28.2 Å². The average molecular weight is 492 g/mol. The largest absolute Gasteiger partial charge is 0.507 e. The Labute approximate surface area is 200 Å². The predicted molar refractivity (Wildman–Crippen MR) is 122 cm³/mol. The number of phenols is 1. The van der Waals surface area contributed by atoms with Gasteiger partial charge < -0.3 is 20.8 Å². The standard InChI is InChI=1S/C24H28F3N5O3/c1-14-7-19(30-31-21(14)17-5-4-15(8-18(17)33)24(25,26)27)28-16-3-2-6-32(9-16)10-20(34)29-22-11-23(35,12-22)13-22/h4-5,7-8,16,33,35H,2-3,6,9-13H2,1H3,(H,28,30)(H,29,34)/t16-,22?,23?/m1/s1. The van der Waals surface area contributed by atoms with Crippen LogP contribution >= 0.6 is 0 Å². The zero-order chi connectivity index (χ0) is 25.0. The molecule has 2 heterocycles. The molecule has 6 rings (SSSR count). The normalized spacial score (nSPS) is 28.1. The van der Waals surface area contributed by atoms with Crippen LogP contribution in [0.2, 0.25) is 0 Å². The van der Waals surface area contributed by atoms with E-state index in [1.165, 1.54) is 6.07 Å². The smallest absolute Gasteiger partial charge is 0.416 e. The molecule has 188 valence electrons. The van der Waals surface area contributed by atoms with Gasteiger partial charge in [0.2, 0.25) is 5.91 Å². The molecule has 1 atom stereocenters. The minimum absolute atomic E-state index is 0.0243. The van der Waals surface area contributed by atoms with E-state index in [0.717, 1.165) is 25.5 Å². The molecule has 1 aromatic carbocycles. The first-order valence-corrected chi connectivity index (χ1v) is 11.7. The van der Waals surface area contributed by atoms with Crippen molar-refractivity contribution in [2.45, 2.75) is 62.4 Å². The molecule has 0 spiro atoms. The fourth-order valence-electron chi connectivity index (χ4n) is 5.66. The van der Waals surface area contributed by atoms with E-state index in [1.807, 2.05) is 0 Å². The number of hydrogen-bond acceptors (Lipinski definition) is 7. The van der Waals surface area contributed by atoms with Crippen LogP contribution < -0.4 is 10.6 Å². The lowest BCUT2D eigenvalue weighted by molar-refractivity contribution is -0.220. The molecule has 0 radical (unpaired) electrons. The Bertz CT molecular complexity index is 1140. The minimum atomic E-state index is -4.54. The van der Waals surface area contributed by atoms with E-state index in [1.54, 1.807) is 13.0 Å². The summed E-state index contributed by atoms with van der Waals surface area (Å²) < 4.78 is 38.6. The van der Waals surface area contributed by atoms with Crippen molar-refractivity contribution in [2.75, 3.05) is 25.0 Å². The molecule has 2 bridgehead atoms. The van der Waals surface area contributed by atoms with Crippen molar-refractivity contribution in [1.82, 2.24) is 20.4 Å². The molecular weight excluding hydrogens is 463 g/mol. The number of aromatic hydroxyl groups is 1. The maximum atomic E-state index is 12.9. The molecule has 4 aliphatic rings. The Hall–Kier alpha value is -2.92. The van der Waals surface area contributed by atoms with Crippen LogP contribution in [0.5, 0.6) is 5.75 Å². The first-order chi connectivity index (χ1) is 16.4. The molecule has 4 fully saturated rings. The number of likely N-dealkylation sites (tertiary alicyclic amines) is 1. The zero-order valence-corrected chi connectivity index (χ0v) is 19.3. The Morgan fingerprint density at radius 2 is 1.97 bits per heavy atom. The first-order valence-electron chi connectivity index (χ1n) is 11.7. The van der Waals surface area contributed by atoms with Crippen LogP contribution in [0.3, 0.4) is 0 Å². The summed E-state index contributed by atoms with van der Waals surface area (Å²) in [6, 6.07) is 4.60. The molecule has 3 aliphatic carbocycles. The number of carbonyl (C=O) groups is 1. The summed E-state index contributed by atoms with van der Waals surface area (Å²) >= 11 is 0. The lowest BCUT2D eigenvalue weighted by Crippen LogP contribution is -2.79. The number of anilines is 1. The maximum Gasteiger partial charge on any atom is 0.416 e. The number of halogens is 3. The summed E-state index contributed by atoms with van der Waals surface area (Å²) in [4.78, 5) is 14.6. The summed E-state index contributed by atoms with van der Waals surface area (Å²) in [6.45, 7) is 3.53. The number of hydrogen-bond donors (Lipinski definition) is 4. The van der Waals surface area contributed by atoms with Crippen LogP contribution in [0.25, 0.3) is 11.3 Å². The second-order valence-corrected chi connectivity index (χ2v) is 10.3. The van der Waals surface area contributed by atoms with E-state index >= 15 is 0 Å². The van der Waals surface area contributed by atoms with Gasteiger partial charge in [0.15, 0.2) is 0 Å². The van der Waals surface area contributed by atoms with E-state index in [2.05, 4.69) is 25.7 Å². The molecule has 1 saturated heterocycles. The molecular formula is C24H28F3N5O3. The number of nitrogens with one attached hydrogen (secondary N) is 2. The number of rotatable bonds is 6. The minimum Gasteiger partial charge on any atom is -0.507 e. The highest BCUT2D eigenvalue weighted by atomic mass is 19.4. The Morgan fingerprint density at radius 1 is 1.23 bits per heavy atom. The number of aromatic nitrogens is 2. The number of benzene rings is 1. The summed E-state index contributed by atoms with van der Waals surface area (Å²) in [5, 5.41) is 34.7. The van der Waals surface area contributed by atoms with Crippen molar-refractivity contribution < 1.29 is 28.2 Å². The van der Waals surface area contributed by atoms with Gasteiger partial charge >= 0.3 is 6.18 Å².